The monoisotopic (exact) mass is 1070 g/mol. The van der Waals surface area contributed by atoms with Crippen molar-refractivity contribution >= 4 is 0 Å². The number of hydrogen-bond acceptors (Lipinski definition) is 0. The predicted molar refractivity (Wildman–Crippen MR) is 351 cm³/mol. The van der Waals surface area contributed by atoms with Crippen LogP contribution >= 0.6 is 0 Å². The molecule has 19 aliphatic rings. The van der Waals surface area contributed by atoms with Gasteiger partial charge in [0.15, 0.2) is 0 Å². The summed E-state index contributed by atoms with van der Waals surface area (Å²) in [6, 6.07) is 0. The fourth-order valence-corrected chi connectivity index (χ4v) is 4.75. The highest BCUT2D eigenvalue weighted by Gasteiger charge is 2.02. The highest BCUT2D eigenvalue weighted by molar-refractivity contribution is 4.58. The summed E-state index contributed by atoms with van der Waals surface area (Å²) in [5.41, 5.74) is 0. The second-order valence-corrected chi connectivity index (χ2v) is 26.9. The molecule has 76 heavy (non-hydrogen) atoms. The molecule has 0 spiro atoms. The van der Waals surface area contributed by atoms with Crippen LogP contribution in [0.4, 0.5) is 0 Å². The molecule has 0 N–H and O–H groups in total. The van der Waals surface area contributed by atoms with Gasteiger partial charge < -0.3 is 0 Å². The first-order valence-corrected chi connectivity index (χ1v) is 38.0. The Bertz CT molecular complexity index is 475. The third-order valence-electron chi connectivity index (χ3n) is 19.0. The normalized spacial score (nSPS) is 24.0. The summed E-state index contributed by atoms with van der Waals surface area (Å²) in [7, 11) is 0. The Morgan fingerprint density at radius 2 is 0.0395 bits per heavy atom. The van der Waals surface area contributed by atoms with Gasteiger partial charge in [0.25, 0.3) is 0 Å². The van der Waals surface area contributed by atoms with Gasteiger partial charge in [-0.15, -0.1) is 0 Å². The molecule has 0 heteroatoms. The molecule has 0 amide bonds. The van der Waals surface area contributed by atoms with Gasteiger partial charge >= 0.3 is 0 Å². The molecular weight excluding hydrogens is 913 g/mol. The standard InChI is InChI=1S/19C4H8/c19*1-2-4-3-1/h19*1-4H2. The van der Waals surface area contributed by atoms with Crippen molar-refractivity contribution in [1.29, 1.82) is 0 Å². The molecule has 0 atom stereocenters. The van der Waals surface area contributed by atoms with Crippen LogP contribution in [0, 0.1) is 0 Å². The smallest absolute Gasteiger partial charge is 0.0533 e. The van der Waals surface area contributed by atoms with Crippen molar-refractivity contribution in [2.24, 2.45) is 0 Å². The van der Waals surface area contributed by atoms with E-state index in [1.807, 2.05) is 0 Å². The van der Waals surface area contributed by atoms with E-state index in [0.29, 0.717) is 0 Å². The van der Waals surface area contributed by atoms with E-state index in [-0.39, 0.29) is 0 Å². The molecule has 0 aliphatic heterocycles. The SMILES string of the molecule is C1CCC1.C1CCC1.C1CCC1.C1CCC1.C1CCC1.C1CCC1.C1CCC1.C1CCC1.C1CCC1.C1CCC1.C1CCC1.C1CCC1.C1CCC1.C1CCC1.C1CCC1.C1CCC1.C1CCC1.C1CCC1.C1CCC1. The average molecular weight is 1070 g/mol. The zero-order valence-corrected chi connectivity index (χ0v) is 53.7. The van der Waals surface area contributed by atoms with Crippen molar-refractivity contribution in [3.05, 3.63) is 0 Å². The van der Waals surface area contributed by atoms with Crippen molar-refractivity contribution in [3.63, 3.8) is 0 Å². The lowest BCUT2D eigenvalue weighted by atomic mass is 10.0. The van der Waals surface area contributed by atoms with Crippen LogP contribution in [-0.4, -0.2) is 0 Å². The Morgan fingerprint density at radius 1 is 0.0263 bits per heavy atom. The molecule has 0 nitrogen and oxygen atoms in total. The van der Waals surface area contributed by atoms with Crippen LogP contribution in [0.2, 0.25) is 0 Å². The van der Waals surface area contributed by atoms with Crippen LogP contribution < -0.4 is 0 Å². The Hall–Kier alpha value is 0. The second-order valence-electron chi connectivity index (χ2n) is 26.9. The van der Waals surface area contributed by atoms with Gasteiger partial charge in [0.2, 0.25) is 0 Å². The van der Waals surface area contributed by atoms with Crippen LogP contribution in [0.15, 0.2) is 0 Å². The first-order valence-electron chi connectivity index (χ1n) is 38.0. The molecule has 19 rings (SSSR count). The molecule has 0 unspecified atom stereocenters. The molecule has 0 heterocycles. The van der Waals surface area contributed by atoms with Crippen LogP contribution in [0.3, 0.4) is 0 Å². The van der Waals surface area contributed by atoms with Crippen LogP contribution in [-0.2, 0) is 0 Å². The van der Waals surface area contributed by atoms with Gasteiger partial charge in [0, 0.05) is 0 Å². The van der Waals surface area contributed by atoms with E-state index in [1.165, 1.54) is 488 Å². The molecule has 19 fully saturated rings. The topological polar surface area (TPSA) is 0 Å². The van der Waals surface area contributed by atoms with Gasteiger partial charge in [-0.3, -0.25) is 0 Å². The van der Waals surface area contributed by atoms with Crippen LogP contribution in [0.5, 0.6) is 0 Å². The van der Waals surface area contributed by atoms with Gasteiger partial charge in [0.1, 0.15) is 0 Å². The first-order chi connectivity index (χ1) is 38.0. The third-order valence-corrected chi connectivity index (χ3v) is 19.0. The largest absolute Gasteiger partial charge is 0.0533 e. The fourth-order valence-electron chi connectivity index (χ4n) is 4.75. The summed E-state index contributed by atoms with van der Waals surface area (Å²) in [4.78, 5) is 0. The van der Waals surface area contributed by atoms with Crippen molar-refractivity contribution in [1.82, 2.24) is 0 Å². The van der Waals surface area contributed by atoms with Gasteiger partial charge in [-0.1, -0.05) is 488 Å². The Balaban J connectivity index is 0.000000401. The summed E-state index contributed by atoms with van der Waals surface area (Å²) < 4.78 is 0. The summed E-state index contributed by atoms with van der Waals surface area (Å²) in [6.07, 6.45) is 114. The van der Waals surface area contributed by atoms with Crippen molar-refractivity contribution in [2.75, 3.05) is 0 Å². The maximum Gasteiger partial charge on any atom is -0.0533 e. The Kier molecular flexibility index (Phi) is 69.2. The molecule has 0 radical (unpaired) electrons. The van der Waals surface area contributed by atoms with Gasteiger partial charge in [0.05, 0.1) is 0 Å². The zero-order valence-electron chi connectivity index (χ0n) is 53.7. The summed E-state index contributed by atoms with van der Waals surface area (Å²) in [5, 5.41) is 0. The third kappa shape index (κ3) is 68.3. The minimum atomic E-state index is 1.50. The number of rotatable bonds is 0. The summed E-state index contributed by atoms with van der Waals surface area (Å²) in [6.45, 7) is 0. The maximum absolute atomic E-state index is 1.50. The Morgan fingerprint density at radius 3 is 0.0395 bits per heavy atom. The van der Waals surface area contributed by atoms with E-state index in [0.717, 1.165) is 0 Å². The molecule has 19 saturated carbocycles. The molecule has 0 aromatic heterocycles. The fraction of sp³-hybridized carbons (Fsp3) is 1.00. The van der Waals surface area contributed by atoms with Crippen LogP contribution in [0.25, 0.3) is 0 Å². The summed E-state index contributed by atoms with van der Waals surface area (Å²) >= 11 is 0. The molecule has 0 saturated heterocycles. The van der Waals surface area contributed by atoms with Crippen molar-refractivity contribution in [2.45, 2.75) is 488 Å². The van der Waals surface area contributed by atoms with E-state index in [9.17, 15) is 0 Å². The highest BCUT2D eigenvalue weighted by Crippen LogP contribution is 2.22. The molecule has 456 valence electrons. The molecule has 19 aliphatic carbocycles. The maximum atomic E-state index is 1.50. The first kappa shape index (κ1) is 74.0. The van der Waals surface area contributed by atoms with E-state index in [4.69, 9.17) is 0 Å². The van der Waals surface area contributed by atoms with E-state index < -0.39 is 0 Å². The molecule has 0 aromatic carbocycles. The predicted octanol–water partition coefficient (Wildman–Crippen LogP) is 29.6. The quantitative estimate of drug-likeness (QED) is 0.227. The van der Waals surface area contributed by atoms with Gasteiger partial charge in [-0.05, 0) is 0 Å². The lowest BCUT2D eigenvalue weighted by Crippen LogP contribution is -1.85. The van der Waals surface area contributed by atoms with Gasteiger partial charge in [-0.25, -0.2) is 0 Å². The zero-order chi connectivity index (χ0) is 53.7. The Labute approximate surface area is 485 Å². The summed E-state index contributed by atoms with van der Waals surface area (Å²) in [5.74, 6) is 0. The van der Waals surface area contributed by atoms with E-state index in [1.54, 1.807) is 0 Å². The van der Waals surface area contributed by atoms with Crippen LogP contribution in [0.1, 0.15) is 488 Å². The minimum Gasteiger partial charge on any atom is -0.0533 e. The van der Waals surface area contributed by atoms with Gasteiger partial charge in [-0.2, -0.15) is 0 Å². The molecule has 0 aromatic rings. The molecule has 0 bridgehead atoms. The lowest BCUT2D eigenvalue weighted by molar-refractivity contribution is 0.504. The number of hydrogen-bond donors (Lipinski definition) is 0. The minimum absolute atomic E-state index is 1.50. The molecular formula is C76H152. The average Bonchev–Trinajstić information content (AvgIpc) is 2.83. The lowest BCUT2D eigenvalue weighted by Gasteiger charge is -2.05. The van der Waals surface area contributed by atoms with E-state index >= 15 is 0 Å². The van der Waals surface area contributed by atoms with E-state index in [2.05, 4.69) is 0 Å². The second kappa shape index (κ2) is 71.1. The van der Waals surface area contributed by atoms with Crippen molar-refractivity contribution < 1.29 is 0 Å². The van der Waals surface area contributed by atoms with Crippen molar-refractivity contribution in [3.8, 4) is 0 Å². The highest BCUT2D eigenvalue weighted by atomic mass is 14.1.